The third-order valence-corrected chi connectivity index (χ3v) is 3.32. The topological polar surface area (TPSA) is 89.3 Å². The summed E-state index contributed by atoms with van der Waals surface area (Å²) < 4.78 is 47.3. The van der Waals surface area contributed by atoms with E-state index in [1.54, 1.807) is 0 Å². The number of amides is 1. The second-order valence-electron chi connectivity index (χ2n) is 3.12. The van der Waals surface area contributed by atoms with E-state index in [1.807, 2.05) is 0 Å². The number of alkyl halides is 2. The SMILES string of the molecule is NC(=O)CNc1ccccc1S(=O)(=O)C(F)F. The van der Waals surface area contributed by atoms with Gasteiger partial charge in [0.05, 0.1) is 17.1 Å². The lowest BCUT2D eigenvalue weighted by Gasteiger charge is -2.10. The number of hydrogen-bond acceptors (Lipinski definition) is 4. The summed E-state index contributed by atoms with van der Waals surface area (Å²) in [6.07, 6.45) is 0. The molecule has 1 rings (SSSR count). The van der Waals surface area contributed by atoms with E-state index in [-0.39, 0.29) is 12.2 Å². The second kappa shape index (κ2) is 5.09. The zero-order valence-corrected chi connectivity index (χ0v) is 9.38. The molecule has 1 aromatic carbocycles. The fourth-order valence-corrected chi connectivity index (χ4v) is 2.05. The number of nitrogens with one attached hydrogen (secondary N) is 1. The van der Waals surface area contributed by atoms with Crippen LogP contribution in [0.3, 0.4) is 0 Å². The zero-order chi connectivity index (χ0) is 13.1. The fourth-order valence-electron chi connectivity index (χ4n) is 1.14. The third kappa shape index (κ3) is 3.13. The summed E-state index contributed by atoms with van der Waals surface area (Å²) in [6.45, 7) is -0.338. The lowest BCUT2D eigenvalue weighted by Crippen LogP contribution is -2.23. The number of nitrogens with two attached hydrogens (primary N) is 1. The number of primary amides is 1. The molecule has 0 heterocycles. The van der Waals surface area contributed by atoms with Crippen molar-refractivity contribution >= 4 is 21.4 Å². The van der Waals surface area contributed by atoms with Crippen LogP contribution in [-0.2, 0) is 14.6 Å². The number of hydrogen-bond donors (Lipinski definition) is 2. The average Bonchev–Trinajstić information content (AvgIpc) is 2.26. The first kappa shape index (κ1) is 13.4. The van der Waals surface area contributed by atoms with E-state index >= 15 is 0 Å². The second-order valence-corrected chi connectivity index (χ2v) is 5.01. The van der Waals surface area contributed by atoms with Gasteiger partial charge in [0, 0.05) is 0 Å². The van der Waals surface area contributed by atoms with E-state index in [1.165, 1.54) is 18.2 Å². The first-order chi connectivity index (χ1) is 7.85. The first-order valence-electron chi connectivity index (χ1n) is 4.49. The molecule has 0 spiro atoms. The highest BCUT2D eigenvalue weighted by atomic mass is 32.2. The van der Waals surface area contributed by atoms with Crippen LogP contribution in [0.4, 0.5) is 14.5 Å². The van der Waals surface area contributed by atoms with Gasteiger partial charge in [-0.2, -0.15) is 8.78 Å². The molecule has 5 nitrogen and oxygen atoms in total. The summed E-state index contributed by atoms with van der Waals surface area (Å²) in [5, 5.41) is 2.39. The predicted molar refractivity (Wildman–Crippen MR) is 57.3 cm³/mol. The van der Waals surface area contributed by atoms with Gasteiger partial charge in [-0.1, -0.05) is 12.1 Å². The quantitative estimate of drug-likeness (QED) is 0.814. The molecule has 17 heavy (non-hydrogen) atoms. The largest absolute Gasteiger partial charge is 0.375 e. The Bertz CT molecular complexity index is 517. The summed E-state index contributed by atoms with van der Waals surface area (Å²) >= 11 is 0. The van der Waals surface area contributed by atoms with Gasteiger partial charge in [-0.15, -0.1) is 0 Å². The molecule has 0 atom stereocenters. The summed E-state index contributed by atoms with van der Waals surface area (Å²) in [7, 11) is -4.70. The third-order valence-electron chi connectivity index (χ3n) is 1.88. The number of carbonyl (C=O) groups is 1. The van der Waals surface area contributed by atoms with Crippen LogP contribution in [0.5, 0.6) is 0 Å². The number of benzene rings is 1. The van der Waals surface area contributed by atoms with Crippen LogP contribution in [0.15, 0.2) is 29.2 Å². The summed E-state index contributed by atoms with van der Waals surface area (Å²) in [5.74, 6) is -4.24. The molecule has 3 N–H and O–H groups in total. The van der Waals surface area contributed by atoms with Gasteiger partial charge in [0.15, 0.2) is 0 Å². The van der Waals surface area contributed by atoms with Crippen molar-refractivity contribution in [3.05, 3.63) is 24.3 Å². The number of carbonyl (C=O) groups excluding carboxylic acids is 1. The Balaban J connectivity index is 3.12. The van der Waals surface area contributed by atoms with Crippen LogP contribution in [0.2, 0.25) is 0 Å². The Hall–Kier alpha value is -1.70. The van der Waals surface area contributed by atoms with Gasteiger partial charge in [-0.25, -0.2) is 8.42 Å². The minimum atomic E-state index is -4.70. The van der Waals surface area contributed by atoms with Crippen LogP contribution in [-0.4, -0.2) is 26.6 Å². The molecule has 0 aliphatic rings. The van der Waals surface area contributed by atoms with Gasteiger partial charge in [0.2, 0.25) is 15.7 Å². The Morgan fingerprint density at radius 3 is 2.47 bits per heavy atom. The van der Waals surface area contributed by atoms with Crippen molar-refractivity contribution in [3.63, 3.8) is 0 Å². The van der Waals surface area contributed by atoms with Gasteiger partial charge in [-0.05, 0) is 12.1 Å². The highest BCUT2D eigenvalue weighted by Gasteiger charge is 2.28. The zero-order valence-electron chi connectivity index (χ0n) is 8.56. The Labute approximate surface area is 96.5 Å². The molecule has 0 radical (unpaired) electrons. The molecule has 0 aliphatic carbocycles. The molecular formula is C9H10F2N2O3S. The van der Waals surface area contributed by atoms with Crippen molar-refractivity contribution in [2.75, 3.05) is 11.9 Å². The van der Waals surface area contributed by atoms with Crippen molar-refractivity contribution in [2.24, 2.45) is 5.73 Å². The molecule has 1 aromatic rings. The van der Waals surface area contributed by atoms with Crippen LogP contribution >= 0.6 is 0 Å². The normalized spacial score (nSPS) is 11.5. The lowest BCUT2D eigenvalue weighted by molar-refractivity contribution is -0.116. The molecule has 0 bridgehead atoms. The van der Waals surface area contributed by atoms with E-state index in [9.17, 15) is 22.0 Å². The summed E-state index contributed by atoms with van der Waals surface area (Å²) in [4.78, 5) is 9.97. The molecule has 0 saturated carbocycles. The molecule has 1 amide bonds. The first-order valence-corrected chi connectivity index (χ1v) is 6.03. The van der Waals surface area contributed by atoms with E-state index in [0.29, 0.717) is 0 Å². The van der Waals surface area contributed by atoms with Crippen molar-refractivity contribution in [1.29, 1.82) is 0 Å². The molecule has 0 fully saturated rings. The van der Waals surface area contributed by atoms with Gasteiger partial charge in [0.25, 0.3) is 0 Å². The predicted octanol–water partition coefficient (Wildman–Crippen LogP) is 0.580. The fraction of sp³-hybridized carbons (Fsp3) is 0.222. The number of rotatable bonds is 5. The van der Waals surface area contributed by atoms with Crippen molar-refractivity contribution in [2.45, 2.75) is 10.7 Å². The lowest BCUT2D eigenvalue weighted by atomic mass is 10.3. The Kier molecular flexibility index (Phi) is 4.00. The Morgan fingerprint density at radius 2 is 1.94 bits per heavy atom. The van der Waals surface area contributed by atoms with Gasteiger partial charge >= 0.3 is 5.76 Å². The molecule has 0 unspecified atom stereocenters. The maximum absolute atomic E-state index is 12.4. The Morgan fingerprint density at radius 1 is 1.35 bits per heavy atom. The molecule has 0 saturated heterocycles. The van der Waals surface area contributed by atoms with E-state index in [2.05, 4.69) is 5.32 Å². The maximum atomic E-state index is 12.4. The molecule has 0 aromatic heterocycles. The molecule has 94 valence electrons. The van der Waals surface area contributed by atoms with Gasteiger partial charge < -0.3 is 11.1 Å². The smallest absolute Gasteiger partial charge is 0.341 e. The average molecular weight is 264 g/mol. The molecule has 8 heteroatoms. The van der Waals surface area contributed by atoms with Crippen LogP contribution in [0.1, 0.15) is 0 Å². The standard InChI is InChI=1S/C9H10F2N2O3S/c10-9(11)17(15,16)7-4-2-1-3-6(7)13-5-8(12)14/h1-4,9,13H,5H2,(H2,12,14). The molecular weight excluding hydrogens is 254 g/mol. The van der Waals surface area contributed by atoms with Crippen LogP contribution in [0, 0.1) is 0 Å². The number of halogens is 2. The van der Waals surface area contributed by atoms with Crippen molar-refractivity contribution in [3.8, 4) is 0 Å². The highest BCUT2D eigenvalue weighted by Crippen LogP contribution is 2.25. The van der Waals surface area contributed by atoms with Crippen molar-refractivity contribution < 1.29 is 22.0 Å². The molecule has 0 aliphatic heterocycles. The monoisotopic (exact) mass is 264 g/mol. The van der Waals surface area contributed by atoms with E-state index in [0.717, 1.165) is 6.07 Å². The highest BCUT2D eigenvalue weighted by molar-refractivity contribution is 7.91. The minimum absolute atomic E-state index is 0.0772. The van der Waals surface area contributed by atoms with Crippen molar-refractivity contribution in [1.82, 2.24) is 0 Å². The van der Waals surface area contributed by atoms with E-state index < -0.39 is 26.4 Å². The number of para-hydroxylation sites is 1. The number of anilines is 1. The van der Waals surface area contributed by atoms with Gasteiger partial charge in [-0.3, -0.25) is 4.79 Å². The summed E-state index contributed by atoms with van der Waals surface area (Å²) in [5.41, 5.74) is 4.78. The van der Waals surface area contributed by atoms with Gasteiger partial charge in [0.1, 0.15) is 0 Å². The van der Waals surface area contributed by atoms with Crippen LogP contribution < -0.4 is 11.1 Å². The summed E-state index contributed by atoms with van der Waals surface area (Å²) in [6, 6.07) is 5.07. The maximum Gasteiger partial charge on any atom is 0.341 e. The van der Waals surface area contributed by atoms with Crippen LogP contribution in [0.25, 0.3) is 0 Å². The minimum Gasteiger partial charge on any atom is -0.375 e. The van der Waals surface area contributed by atoms with E-state index in [4.69, 9.17) is 5.73 Å². The number of sulfone groups is 1.